The van der Waals surface area contributed by atoms with Gasteiger partial charge in [-0.25, -0.2) is 9.37 Å². The molecule has 0 fully saturated rings. The molecule has 0 unspecified atom stereocenters. The SMILES string of the molecule is Cc1ccc(CC(=O)CSc2nc(-c3ccccc3)cc(-c3cccc(F)c3)c2C#N)cc1. The van der Waals surface area contributed by atoms with E-state index in [1.165, 1.54) is 23.9 Å². The number of ketones is 1. The zero-order chi connectivity index (χ0) is 23.2. The molecule has 4 aromatic rings. The number of hydrogen-bond acceptors (Lipinski definition) is 4. The molecule has 5 heteroatoms. The third kappa shape index (κ3) is 5.54. The first-order valence-corrected chi connectivity index (χ1v) is 11.5. The first kappa shape index (κ1) is 22.4. The zero-order valence-corrected chi connectivity index (χ0v) is 18.9. The van der Waals surface area contributed by atoms with E-state index in [1.807, 2.05) is 61.5 Å². The Labute approximate surface area is 196 Å². The summed E-state index contributed by atoms with van der Waals surface area (Å²) in [6.45, 7) is 2.01. The van der Waals surface area contributed by atoms with Crippen molar-refractivity contribution in [2.75, 3.05) is 5.75 Å². The van der Waals surface area contributed by atoms with Gasteiger partial charge in [0.25, 0.3) is 0 Å². The van der Waals surface area contributed by atoms with Crippen LogP contribution in [-0.4, -0.2) is 16.5 Å². The lowest BCUT2D eigenvalue weighted by Gasteiger charge is -2.12. The number of benzene rings is 3. The van der Waals surface area contributed by atoms with E-state index in [1.54, 1.807) is 18.2 Å². The zero-order valence-electron chi connectivity index (χ0n) is 18.1. The van der Waals surface area contributed by atoms with Gasteiger partial charge in [-0.1, -0.05) is 84.1 Å². The quantitative estimate of drug-likeness (QED) is 0.295. The second-order valence-electron chi connectivity index (χ2n) is 7.71. The van der Waals surface area contributed by atoms with Crippen molar-refractivity contribution >= 4 is 17.5 Å². The van der Waals surface area contributed by atoms with Crippen molar-refractivity contribution in [1.29, 1.82) is 5.26 Å². The van der Waals surface area contributed by atoms with E-state index >= 15 is 0 Å². The minimum atomic E-state index is -0.378. The Morgan fingerprint density at radius 3 is 2.39 bits per heavy atom. The van der Waals surface area contributed by atoms with Crippen molar-refractivity contribution in [2.45, 2.75) is 18.4 Å². The molecular weight excluding hydrogens is 431 g/mol. The van der Waals surface area contributed by atoms with E-state index in [4.69, 9.17) is 4.98 Å². The maximum Gasteiger partial charge on any atom is 0.147 e. The van der Waals surface area contributed by atoms with Gasteiger partial charge in [-0.15, -0.1) is 0 Å². The molecule has 0 aliphatic heterocycles. The van der Waals surface area contributed by atoms with Crippen molar-refractivity contribution in [1.82, 2.24) is 4.98 Å². The standard InChI is InChI=1S/C28H21FN2OS/c1-19-10-12-20(13-11-19)14-24(32)18-33-28-26(17-30)25(22-8-5-9-23(29)15-22)16-27(31-28)21-6-3-2-4-7-21/h2-13,15-16H,14,18H2,1H3. The fourth-order valence-corrected chi connectivity index (χ4v) is 4.37. The number of nitrogens with zero attached hydrogens (tertiary/aromatic N) is 2. The Balaban J connectivity index is 1.68. The molecule has 0 saturated heterocycles. The number of hydrogen-bond donors (Lipinski definition) is 0. The highest BCUT2D eigenvalue weighted by Gasteiger charge is 2.17. The first-order valence-electron chi connectivity index (χ1n) is 10.5. The van der Waals surface area contributed by atoms with Crippen LogP contribution in [0.4, 0.5) is 4.39 Å². The molecule has 162 valence electrons. The molecule has 0 amide bonds. The van der Waals surface area contributed by atoms with Crippen LogP contribution >= 0.6 is 11.8 Å². The van der Waals surface area contributed by atoms with Crippen molar-refractivity contribution in [3.8, 4) is 28.5 Å². The highest BCUT2D eigenvalue weighted by molar-refractivity contribution is 8.00. The average molecular weight is 453 g/mol. The highest BCUT2D eigenvalue weighted by Crippen LogP contribution is 2.34. The minimum Gasteiger partial charge on any atom is -0.298 e. The third-order valence-electron chi connectivity index (χ3n) is 5.20. The van der Waals surface area contributed by atoms with Gasteiger partial charge in [-0.3, -0.25) is 4.79 Å². The molecule has 0 aliphatic rings. The Morgan fingerprint density at radius 2 is 1.70 bits per heavy atom. The van der Waals surface area contributed by atoms with Gasteiger partial charge in [0.2, 0.25) is 0 Å². The number of rotatable bonds is 7. The summed E-state index contributed by atoms with van der Waals surface area (Å²) in [4.78, 5) is 17.4. The molecule has 0 spiro atoms. The largest absolute Gasteiger partial charge is 0.298 e. The van der Waals surface area contributed by atoms with Gasteiger partial charge < -0.3 is 0 Å². The normalized spacial score (nSPS) is 10.6. The predicted octanol–water partition coefficient (Wildman–Crippen LogP) is 6.64. The second-order valence-corrected chi connectivity index (χ2v) is 8.68. The molecule has 3 aromatic carbocycles. The summed E-state index contributed by atoms with van der Waals surface area (Å²) in [7, 11) is 0. The molecule has 0 bridgehead atoms. The highest BCUT2D eigenvalue weighted by atomic mass is 32.2. The number of aromatic nitrogens is 1. The monoisotopic (exact) mass is 452 g/mol. The molecular formula is C28H21FN2OS. The lowest BCUT2D eigenvalue weighted by molar-refractivity contribution is -0.116. The van der Waals surface area contributed by atoms with Gasteiger partial charge in [-0.2, -0.15) is 5.26 Å². The summed E-state index contributed by atoms with van der Waals surface area (Å²) in [5.41, 5.74) is 5.19. The van der Waals surface area contributed by atoms with Crippen molar-refractivity contribution in [2.24, 2.45) is 0 Å². The maximum absolute atomic E-state index is 13.9. The number of aryl methyl sites for hydroxylation is 1. The summed E-state index contributed by atoms with van der Waals surface area (Å²) in [5.74, 6) is -0.139. The van der Waals surface area contributed by atoms with E-state index in [0.29, 0.717) is 33.8 Å². The van der Waals surface area contributed by atoms with E-state index in [9.17, 15) is 14.4 Å². The summed E-state index contributed by atoms with van der Waals surface area (Å²) in [5, 5.41) is 10.4. The predicted molar refractivity (Wildman–Crippen MR) is 130 cm³/mol. The van der Waals surface area contributed by atoms with Gasteiger partial charge in [0, 0.05) is 17.5 Å². The summed E-state index contributed by atoms with van der Waals surface area (Å²) in [6.07, 6.45) is 0.324. The molecule has 3 nitrogen and oxygen atoms in total. The van der Waals surface area contributed by atoms with Gasteiger partial charge >= 0.3 is 0 Å². The van der Waals surface area contributed by atoms with Gasteiger partial charge in [0.15, 0.2) is 0 Å². The Kier molecular flexibility index (Phi) is 6.97. The fraction of sp³-hybridized carbons (Fsp3) is 0.107. The minimum absolute atomic E-state index is 0.0481. The number of pyridine rings is 1. The van der Waals surface area contributed by atoms with Crippen LogP contribution in [0, 0.1) is 24.1 Å². The maximum atomic E-state index is 13.9. The lowest BCUT2D eigenvalue weighted by Crippen LogP contribution is -2.07. The van der Waals surface area contributed by atoms with Crippen LogP contribution in [0.25, 0.3) is 22.4 Å². The van der Waals surface area contributed by atoms with Gasteiger partial charge in [-0.05, 0) is 36.2 Å². The van der Waals surface area contributed by atoms with Gasteiger partial charge in [0.05, 0.1) is 17.0 Å². The topological polar surface area (TPSA) is 53.8 Å². The molecule has 33 heavy (non-hydrogen) atoms. The summed E-state index contributed by atoms with van der Waals surface area (Å²) in [6, 6.07) is 27.7. The van der Waals surface area contributed by atoms with Crippen molar-refractivity contribution < 1.29 is 9.18 Å². The molecule has 0 atom stereocenters. The molecule has 0 aliphatic carbocycles. The number of halogens is 1. The van der Waals surface area contributed by atoms with Crippen molar-refractivity contribution in [3.05, 3.63) is 107 Å². The summed E-state index contributed by atoms with van der Waals surface area (Å²) >= 11 is 1.25. The van der Waals surface area contributed by atoms with Crippen molar-refractivity contribution in [3.63, 3.8) is 0 Å². The van der Waals surface area contributed by atoms with E-state index < -0.39 is 0 Å². The molecule has 1 aromatic heterocycles. The van der Waals surface area contributed by atoms with Gasteiger partial charge in [0.1, 0.15) is 22.7 Å². The lowest BCUT2D eigenvalue weighted by atomic mass is 9.99. The van der Waals surface area contributed by atoms with E-state index in [-0.39, 0.29) is 17.4 Å². The number of nitriles is 1. The van der Waals surface area contributed by atoms with Crippen LogP contribution < -0.4 is 0 Å². The van der Waals surface area contributed by atoms with Crippen LogP contribution in [-0.2, 0) is 11.2 Å². The van der Waals surface area contributed by atoms with Crippen LogP contribution in [0.5, 0.6) is 0 Å². The molecule has 1 heterocycles. The average Bonchev–Trinajstić information content (AvgIpc) is 2.84. The fourth-order valence-electron chi connectivity index (χ4n) is 3.51. The molecule has 0 radical (unpaired) electrons. The molecule has 4 rings (SSSR count). The first-order chi connectivity index (χ1) is 16.0. The van der Waals surface area contributed by atoms with Crippen LogP contribution in [0.1, 0.15) is 16.7 Å². The van der Waals surface area contributed by atoms with Crippen LogP contribution in [0.2, 0.25) is 0 Å². The van der Waals surface area contributed by atoms with Crippen LogP contribution in [0.15, 0.2) is 90.0 Å². The Bertz CT molecular complexity index is 1330. The Hall–Kier alpha value is -3.75. The summed E-state index contributed by atoms with van der Waals surface area (Å²) < 4.78 is 13.9. The number of carbonyl (C=O) groups is 1. The smallest absolute Gasteiger partial charge is 0.147 e. The Morgan fingerprint density at radius 1 is 0.970 bits per heavy atom. The molecule has 0 N–H and O–H groups in total. The van der Waals surface area contributed by atoms with E-state index in [0.717, 1.165) is 16.7 Å². The van der Waals surface area contributed by atoms with Crippen LogP contribution in [0.3, 0.4) is 0 Å². The number of thioether (sulfide) groups is 1. The number of carbonyl (C=O) groups excluding carboxylic acids is 1. The molecule has 0 saturated carbocycles. The van der Waals surface area contributed by atoms with E-state index in [2.05, 4.69) is 6.07 Å². The second kappa shape index (κ2) is 10.2. The number of Topliss-reactive ketones (excluding diaryl/α,β-unsaturated/α-hetero) is 1. The third-order valence-corrected chi connectivity index (χ3v) is 6.23.